The number of allylic oxidation sites excluding steroid dienone is 1. The number of hydrogen-bond acceptors (Lipinski definition) is 3. The van der Waals surface area contributed by atoms with Crippen LogP contribution >= 0.6 is 31.9 Å². The molecule has 2 aromatic carbocycles. The molecule has 0 atom stereocenters. The van der Waals surface area contributed by atoms with Gasteiger partial charge < -0.3 is 9.73 Å². The van der Waals surface area contributed by atoms with Crippen LogP contribution in [0.5, 0.6) is 0 Å². The summed E-state index contributed by atoms with van der Waals surface area (Å²) in [6, 6.07) is 17.6. The van der Waals surface area contributed by atoms with Gasteiger partial charge in [-0.15, -0.1) is 0 Å². The maximum absolute atomic E-state index is 12.1. The lowest BCUT2D eigenvalue weighted by molar-refractivity contribution is 0.0994. The number of anilines is 1. The molecule has 0 saturated heterocycles. The predicted octanol–water partition coefficient (Wildman–Crippen LogP) is 5.95. The molecule has 3 rings (SSSR count). The van der Waals surface area contributed by atoms with Crippen LogP contribution in [0.25, 0.3) is 6.08 Å². The highest BCUT2D eigenvalue weighted by Gasteiger charge is 2.10. The molecule has 0 spiro atoms. The van der Waals surface area contributed by atoms with Crippen molar-refractivity contribution >= 4 is 55.3 Å². The van der Waals surface area contributed by atoms with E-state index >= 15 is 0 Å². The number of furan rings is 1. The summed E-state index contributed by atoms with van der Waals surface area (Å²) in [7, 11) is 0. The number of carbonyl (C=O) groups is 2. The second-order valence-corrected chi connectivity index (χ2v) is 7.08. The third kappa shape index (κ3) is 4.80. The summed E-state index contributed by atoms with van der Waals surface area (Å²) < 4.78 is 6.64. The largest absolute Gasteiger partial charge is 0.444 e. The molecular weight excluding hydrogens is 462 g/mol. The Bertz CT molecular complexity index is 957. The van der Waals surface area contributed by atoms with E-state index in [1.165, 1.54) is 6.08 Å². The van der Waals surface area contributed by atoms with Gasteiger partial charge in [0.15, 0.2) is 16.2 Å². The van der Waals surface area contributed by atoms with Gasteiger partial charge in [0.25, 0.3) is 5.91 Å². The Hall–Kier alpha value is -2.44. The van der Waals surface area contributed by atoms with Crippen LogP contribution in [-0.2, 0) is 0 Å². The number of amides is 1. The fourth-order valence-electron chi connectivity index (χ4n) is 2.19. The third-order valence-electron chi connectivity index (χ3n) is 3.52. The number of benzene rings is 2. The van der Waals surface area contributed by atoms with E-state index in [4.69, 9.17) is 4.42 Å². The second-order valence-electron chi connectivity index (χ2n) is 5.38. The van der Waals surface area contributed by atoms with Crippen molar-refractivity contribution in [2.45, 2.75) is 0 Å². The number of nitrogens with one attached hydrogen (secondary N) is 1. The van der Waals surface area contributed by atoms with E-state index in [0.717, 1.165) is 10.0 Å². The second kappa shape index (κ2) is 8.29. The first-order valence-corrected chi connectivity index (χ1v) is 9.24. The van der Waals surface area contributed by atoms with E-state index in [-0.39, 0.29) is 17.5 Å². The zero-order valence-corrected chi connectivity index (χ0v) is 16.6. The zero-order valence-electron chi connectivity index (χ0n) is 13.4. The number of hydrogen-bond donors (Lipinski definition) is 1. The van der Waals surface area contributed by atoms with Gasteiger partial charge in [-0.2, -0.15) is 0 Å². The van der Waals surface area contributed by atoms with Gasteiger partial charge in [-0.05, 0) is 76.1 Å². The Morgan fingerprint density at radius 1 is 0.885 bits per heavy atom. The highest BCUT2D eigenvalue weighted by molar-refractivity contribution is 9.10. The summed E-state index contributed by atoms with van der Waals surface area (Å²) in [5.74, 6) is -0.177. The summed E-state index contributed by atoms with van der Waals surface area (Å²) in [6.45, 7) is 0. The van der Waals surface area contributed by atoms with E-state index in [1.54, 1.807) is 42.5 Å². The van der Waals surface area contributed by atoms with Crippen molar-refractivity contribution < 1.29 is 14.0 Å². The summed E-state index contributed by atoms with van der Waals surface area (Å²) in [5, 5.41) is 2.75. The third-order valence-corrected chi connectivity index (χ3v) is 4.48. The van der Waals surface area contributed by atoms with Crippen molar-refractivity contribution in [3.63, 3.8) is 0 Å². The van der Waals surface area contributed by atoms with E-state index in [0.29, 0.717) is 15.9 Å². The number of ketones is 1. The molecule has 0 radical (unpaired) electrons. The average Bonchev–Trinajstić information content (AvgIpc) is 3.08. The first kappa shape index (κ1) is 18.4. The molecule has 130 valence electrons. The fourth-order valence-corrected chi connectivity index (χ4v) is 2.76. The minimum atomic E-state index is -0.329. The molecule has 0 fully saturated rings. The molecule has 0 aliphatic carbocycles. The topological polar surface area (TPSA) is 59.3 Å². The van der Waals surface area contributed by atoms with Crippen molar-refractivity contribution in [3.05, 3.63) is 92.8 Å². The molecule has 0 bridgehead atoms. The SMILES string of the molecule is O=C(/C=C\c1ccc(NC(=O)c2ccc(Br)o2)cc1)c1ccc(Br)cc1. The molecule has 1 N–H and O–H groups in total. The molecule has 0 saturated carbocycles. The van der Waals surface area contributed by atoms with Crippen LogP contribution in [0.15, 0.2) is 80.3 Å². The molecule has 4 nitrogen and oxygen atoms in total. The Kier molecular flexibility index (Phi) is 5.85. The quantitative estimate of drug-likeness (QED) is 0.367. The van der Waals surface area contributed by atoms with Gasteiger partial charge in [0.1, 0.15) is 0 Å². The van der Waals surface area contributed by atoms with E-state index in [2.05, 4.69) is 37.2 Å². The molecule has 6 heteroatoms. The van der Waals surface area contributed by atoms with Gasteiger partial charge >= 0.3 is 0 Å². The van der Waals surface area contributed by atoms with Gasteiger partial charge in [0, 0.05) is 15.7 Å². The lowest BCUT2D eigenvalue weighted by Crippen LogP contribution is -2.10. The summed E-state index contributed by atoms with van der Waals surface area (Å²) in [5.41, 5.74) is 2.12. The standard InChI is InChI=1S/C20H13Br2NO3/c21-15-6-4-14(5-7-15)17(24)10-3-13-1-8-16(9-2-13)23-20(25)18-11-12-19(22)26-18/h1-12H,(H,23,25)/b10-3-. The summed E-state index contributed by atoms with van der Waals surface area (Å²) >= 11 is 6.50. The Morgan fingerprint density at radius 3 is 2.19 bits per heavy atom. The first-order valence-electron chi connectivity index (χ1n) is 7.66. The van der Waals surface area contributed by atoms with Crippen molar-refractivity contribution in [2.75, 3.05) is 5.32 Å². The molecule has 1 heterocycles. The van der Waals surface area contributed by atoms with E-state index in [9.17, 15) is 9.59 Å². The van der Waals surface area contributed by atoms with Gasteiger partial charge in [0.05, 0.1) is 0 Å². The van der Waals surface area contributed by atoms with Gasteiger partial charge in [0.2, 0.25) is 0 Å². The minimum absolute atomic E-state index is 0.0710. The Balaban J connectivity index is 1.63. The van der Waals surface area contributed by atoms with Crippen LogP contribution in [0, 0.1) is 0 Å². The first-order chi connectivity index (χ1) is 12.5. The highest BCUT2D eigenvalue weighted by Crippen LogP contribution is 2.17. The number of rotatable bonds is 5. The van der Waals surface area contributed by atoms with Crippen LogP contribution < -0.4 is 5.32 Å². The molecule has 1 aromatic heterocycles. The Morgan fingerprint density at radius 2 is 1.58 bits per heavy atom. The van der Waals surface area contributed by atoms with Crippen LogP contribution in [0.3, 0.4) is 0 Å². The summed E-state index contributed by atoms with van der Waals surface area (Å²) in [6.07, 6.45) is 3.26. The van der Waals surface area contributed by atoms with Crippen molar-refractivity contribution in [2.24, 2.45) is 0 Å². The highest BCUT2D eigenvalue weighted by atomic mass is 79.9. The zero-order chi connectivity index (χ0) is 18.5. The van der Waals surface area contributed by atoms with Crippen molar-refractivity contribution in [1.29, 1.82) is 0 Å². The molecule has 0 unspecified atom stereocenters. The van der Waals surface area contributed by atoms with Crippen LogP contribution in [0.1, 0.15) is 26.5 Å². The smallest absolute Gasteiger partial charge is 0.291 e. The molecular formula is C20H13Br2NO3. The lowest BCUT2D eigenvalue weighted by Gasteiger charge is -2.03. The van der Waals surface area contributed by atoms with Gasteiger partial charge in [-0.1, -0.05) is 34.1 Å². The molecule has 0 aliphatic heterocycles. The van der Waals surface area contributed by atoms with Crippen LogP contribution in [0.2, 0.25) is 0 Å². The van der Waals surface area contributed by atoms with Gasteiger partial charge in [-0.25, -0.2) is 0 Å². The average molecular weight is 475 g/mol. The lowest BCUT2D eigenvalue weighted by atomic mass is 10.1. The fraction of sp³-hybridized carbons (Fsp3) is 0. The van der Waals surface area contributed by atoms with Crippen molar-refractivity contribution in [3.8, 4) is 0 Å². The molecule has 0 aliphatic rings. The molecule has 3 aromatic rings. The normalized spacial score (nSPS) is 10.8. The van der Waals surface area contributed by atoms with Gasteiger partial charge in [-0.3, -0.25) is 9.59 Å². The number of halogens is 2. The molecule has 1 amide bonds. The monoisotopic (exact) mass is 473 g/mol. The maximum Gasteiger partial charge on any atom is 0.291 e. The predicted molar refractivity (Wildman–Crippen MR) is 108 cm³/mol. The molecule has 26 heavy (non-hydrogen) atoms. The maximum atomic E-state index is 12.1. The number of carbonyl (C=O) groups excluding carboxylic acids is 2. The Labute approximate surface area is 167 Å². The van der Waals surface area contributed by atoms with E-state index < -0.39 is 0 Å². The van der Waals surface area contributed by atoms with Crippen LogP contribution in [0.4, 0.5) is 5.69 Å². The van der Waals surface area contributed by atoms with Crippen molar-refractivity contribution in [1.82, 2.24) is 0 Å². The van der Waals surface area contributed by atoms with Crippen LogP contribution in [-0.4, -0.2) is 11.7 Å². The minimum Gasteiger partial charge on any atom is -0.444 e. The summed E-state index contributed by atoms with van der Waals surface area (Å²) in [4.78, 5) is 24.1. The van der Waals surface area contributed by atoms with E-state index in [1.807, 2.05) is 24.3 Å².